The van der Waals surface area contributed by atoms with Crippen molar-refractivity contribution >= 4 is 49.2 Å². The molecule has 0 aliphatic rings. The molecule has 1 rings (SSSR count). The predicted octanol–water partition coefficient (Wildman–Crippen LogP) is 3.69. The summed E-state index contributed by atoms with van der Waals surface area (Å²) in [6.07, 6.45) is 0. The second-order valence-corrected chi connectivity index (χ2v) is 4.35. The van der Waals surface area contributed by atoms with Gasteiger partial charge >= 0.3 is 0 Å². The van der Waals surface area contributed by atoms with Gasteiger partial charge in [-0.25, -0.2) is 0 Å². The molecule has 14 heavy (non-hydrogen) atoms. The molecule has 0 radical (unpaired) electrons. The summed E-state index contributed by atoms with van der Waals surface area (Å²) in [5.74, 6) is 0.555. The minimum atomic E-state index is -0.0571. The number of hydrogen-bond acceptors (Lipinski definition) is 2. The van der Waals surface area contributed by atoms with Crippen molar-refractivity contribution in [3.63, 3.8) is 0 Å². The van der Waals surface area contributed by atoms with E-state index in [0.717, 1.165) is 0 Å². The lowest BCUT2D eigenvalue weighted by molar-refractivity contribution is 0.102. The van der Waals surface area contributed by atoms with E-state index in [1.165, 1.54) is 0 Å². The lowest BCUT2D eigenvalue weighted by atomic mass is 10.1. The molecule has 0 spiro atoms. The number of ether oxygens (including phenoxy) is 1. The first kappa shape index (κ1) is 12.0. The van der Waals surface area contributed by atoms with E-state index in [1.807, 2.05) is 0 Å². The van der Waals surface area contributed by atoms with Crippen molar-refractivity contribution in [1.82, 2.24) is 0 Å². The zero-order chi connectivity index (χ0) is 10.7. The van der Waals surface area contributed by atoms with Gasteiger partial charge in [0.15, 0.2) is 5.78 Å². The molecule has 76 valence electrons. The number of carbonyl (C=O) groups is 1. The Balaban J connectivity index is 3.21. The van der Waals surface area contributed by atoms with E-state index in [0.29, 0.717) is 20.8 Å². The Hall–Kier alpha value is -0.0600. The van der Waals surface area contributed by atoms with Gasteiger partial charge < -0.3 is 4.74 Å². The molecule has 0 aliphatic carbocycles. The third-order valence-electron chi connectivity index (χ3n) is 1.66. The summed E-state index contributed by atoms with van der Waals surface area (Å²) >= 11 is 12.3. The van der Waals surface area contributed by atoms with Crippen molar-refractivity contribution in [1.29, 1.82) is 0 Å². The van der Waals surface area contributed by atoms with Crippen LogP contribution in [0.3, 0.4) is 0 Å². The Kier molecular flexibility index (Phi) is 4.41. The van der Waals surface area contributed by atoms with Gasteiger partial charge in [0.25, 0.3) is 0 Å². The van der Waals surface area contributed by atoms with E-state index in [1.54, 1.807) is 19.2 Å². The highest BCUT2D eigenvalue weighted by Gasteiger charge is 2.12. The quantitative estimate of drug-likeness (QED) is 0.619. The zero-order valence-electron chi connectivity index (χ0n) is 7.31. The van der Waals surface area contributed by atoms with Crippen LogP contribution >= 0.6 is 43.5 Å². The van der Waals surface area contributed by atoms with Crippen LogP contribution in [0.25, 0.3) is 0 Å². The number of hydrogen-bond donors (Lipinski definition) is 0. The number of alkyl halides is 1. The molecule has 0 fully saturated rings. The molecule has 0 heterocycles. The second kappa shape index (κ2) is 5.14. The van der Waals surface area contributed by atoms with Crippen LogP contribution in [0.2, 0.25) is 5.02 Å². The number of ketones is 1. The summed E-state index contributed by atoms with van der Waals surface area (Å²) in [5.41, 5.74) is 0.483. The first-order valence-corrected chi connectivity index (χ1v) is 6.01. The number of rotatable bonds is 3. The first-order chi connectivity index (χ1) is 6.60. The first-order valence-electron chi connectivity index (χ1n) is 3.72. The summed E-state index contributed by atoms with van der Waals surface area (Å²) < 4.78 is 5.76. The molecule has 0 N–H and O–H groups in total. The van der Waals surface area contributed by atoms with E-state index < -0.39 is 0 Å². The lowest BCUT2D eigenvalue weighted by Gasteiger charge is -2.07. The van der Waals surface area contributed by atoms with Crippen LogP contribution in [0.4, 0.5) is 0 Å². The third kappa shape index (κ3) is 2.49. The molecule has 0 amide bonds. The average molecular weight is 342 g/mol. The predicted molar refractivity (Wildman–Crippen MR) is 63.8 cm³/mol. The fourth-order valence-electron chi connectivity index (χ4n) is 0.971. The van der Waals surface area contributed by atoms with Crippen molar-refractivity contribution in [2.24, 2.45) is 0 Å². The highest BCUT2D eigenvalue weighted by atomic mass is 79.9. The van der Waals surface area contributed by atoms with Gasteiger partial charge in [-0.2, -0.15) is 0 Å². The molecule has 1 aromatic rings. The number of methoxy groups -OCH3 is 1. The van der Waals surface area contributed by atoms with Crippen LogP contribution in [0, 0.1) is 0 Å². The van der Waals surface area contributed by atoms with E-state index in [4.69, 9.17) is 16.3 Å². The minimum absolute atomic E-state index is 0.0571. The summed E-state index contributed by atoms with van der Waals surface area (Å²) in [6.45, 7) is 0. The molecule has 5 heteroatoms. The molecule has 0 unspecified atom stereocenters. The molecular formula is C9H7Br2ClO2. The monoisotopic (exact) mass is 340 g/mol. The molecule has 0 saturated carbocycles. The van der Waals surface area contributed by atoms with Gasteiger partial charge in [-0.15, -0.1) is 0 Å². The molecule has 2 nitrogen and oxygen atoms in total. The van der Waals surface area contributed by atoms with Gasteiger partial charge in [0.2, 0.25) is 0 Å². The smallest absolute Gasteiger partial charge is 0.174 e. The second-order valence-electron chi connectivity index (χ2n) is 2.52. The van der Waals surface area contributed by atoms with Crippen molar-refractivity contribution in [3.05, 3.63) is 27.2 Å². The summed E-state index contributed by atoms with van der Waals surface area (Å²) in [5, 5.41) is 0.653. The van der Waals surface area contributed by atoms with Gasteiger partial charge in [-0.05, 0) is 22.0 Å². The van der Waals surface area contributed by atoms with Gasteiger partial charge in [0.05, 0.1) is 21.9 Å². The van der Waals surface area contributed by atoms with Crippen LogP contribution in [0.5, 0.6) is 5.75 Å². The minimum Gasteiger partial charge on any atom is -0.496 e. The lowest BCUT2D eigenvalue weighted by Crippen LogP contribution is -2.01. The van der Waals surface area contributed by atoms with Crippen LogP contribution in [-0.4, -0.2) is 18.2 Å². The average Bonchev–Trinajstić information content (AvgIpc) is 2.19. The number of benzene rings is 1. The van der Waals surface area contributed by atoms with Gasteiger partial charge in [-0.3, -0.25) is 4.79 Å². The standard InChI is InChI=1S/C9H7Br2ClO2/c1-14-9-3-7(12)5(2-6(9)11)8(13)4-10/h2-3H,4H2,1H3. The van der Waals surface area contributed by atoms with Gasteiger partial charge in [0, 0.05) is 11.6 Å². The van der Waals surface area contributed by atoms with Crippen molar-refractivity contribution in [3.8, 4) is 5.75 Å². The number of Topliss-reactive ketones (excluding diaryl/α,β-unsaturated/α-hetero) is 1. The summed E-state index contributed by atoms with van der Waals surface area (Å²) in [7, 11) is 1.54. The van der Waals surface area contributed by atoms with Crippen molar-refractivity contribution in [2.75, 3.05) is 12.4 Å². The summed E-state index contributed by atoms with van der Waals surface area (Å²) in [6, 6.07) is 3.27. The molecule has 0 saturated heterocycles. The Labute approximate surface area is 104 Å². The SMILES string of the molecule is COc1cc(Cl)c(C(=O)CBr)cc1Br. The maximum atomic E-state index is 11.4. The normalized spacial score (nSPS) is 10.0. The molecule has 0 atom stereocenters. The van der Waals surface area contributed by atoms with Crippen LogP contribution < -0.4 is 4.74 Å². The van der Waals surface area contributed by atoms with E-state index in [9.17, 15) is 4.79 Å². The van der Waals surface area contributed by atoms with Gasteiger partial charge in [0.1, 0.15) is 5.75 Å². The maximum absolute atomic E-state index is 11.4. The Morgan fingerprint density at radius 1 is 1.57 bits per heavy atom. The Morgan fingerprint density at radius 2 is 2.21 bits per heavy atom. The summed E-state index contributed by atoms with van der Waals surface area (Å²) in [4.78, 5) is 11.4. The van der Waals surface area contributed by atoms with Crippen LogP contribution in [0.15, 0.2) is 16.6 Å². The highest BCUT2D eigenvalue weighted by Crippen LogP contribution is 2.31. The van der Waals surface area contributed by atoms with Crippen LogP contribution in [-0.2, 0) is 0 Å². The zero-order valence-corrected chi connectivity index (χ0v) is 11.2. The van der Waals surface area contributed by atoms with E-state index >= 15 is 0 Å². The molecular weight excluding hydrogens is 335 g/mol. The van der Waals surface area contributed by atoms with Crippen LogP contribution in [0.1, 0.15) is 10.4 Å². The Bertz CT molecular complexity index is 366. The third-order valence-corrected chi connectivity index (χ3v) is 3.10. The van der Waals surface area contributed by atoms with E-state index in [2.05, 4.69) is 31.9 Å². The van der Waals surface area contributed by atoms with Crippen molar-refractivity contribution in [2.45, 2.75) is 0 Å². The number of carbonyl (C=O) groups excluding carboxylic acids is 1. The van der Waals surface area contributed by atoms with Gasteiger partial charge in [-0.1, -0.05) is 27.5 Å². The van der Waals surface area contributed by atoms with E-state index in [-0.39, 0.29) is 11.1 Å². The molecule has 0 aromatic heterocycles. The highest BCUT2D eigenvalue weighted by molar-refractivity contribution is 9.10. The molecule has 1 aromatic carbocycles. The Morgan fingerprint density at radius 3 is 2.71 bits per heavy atom. The fraction of sp³-hybridized carbons (Fsp3) is 0.222. The number of halogens is 3. The topological polar surface area (TPSA) is 26.3 Å². The maximum Gasteiger partial charge on any atom is 0.174 e. The fourth-order valence-corrected chi connectivity index (χ4v) is 2.04. The molecule has 0 aliphatic heterocycles. The largest absolute Gasteiger partial charge is 0.496 e. The van der Waals surface area contributed by atoms with Crippen molar-refractivity contribution < 1.29 is 9.53 Å². The molecule has 0 bridgehead atoms.